The van der Waals surface area contributed by atoms with Crippen molar-refractivity contribution in [2.75, 3.05) is 0 Å². The van der Waals surface area contributed by atoms with Gasteiger partial charge in [-0.3, -0.25) is 9.59 Å². The Balaban J connectivity index is 2.09. The lowest BCUT2D eigenvalue weighted by atomic mass is 10.1. The third kappa shape index (κ3) is 4.32. The number of carboxylic acid groups (broad SMARTS) is 1. The summed E-state index contributed by atoms with van der Waals surface area (Å²) in [5.74, 6) is 0.0765. The average Bonchev–Trinajstić information content (AvgIpc) is 2.92. The molecule has 2 aromatic rings. The highest BCUT2D eigenvalue weighted by atomic mass is 16.4. The Morgan fingerprint density at radius 3 is 2.58 bits per heavy atom. The van der Waals surface area contributed by atoms with Gasteiger partial charge in [0.1, 0.15) is 11.5 Å². The maximum Gasteiger partial charge on any atom is 0.303 e. The van der Waals surface area contributed by atoms with Crippen LogP contribution in [0.5, 0.6) is 0 Å². The summed E-state index contributed by atoms with van der Waals surface area (Å²) in [5, 5.41) is 12.8. The van der Waals surface area contributed by atoms with Crippen LogP contribution in [-0.2, 0) is 11.2 Å². The van der Waals surface area contributed by atoms with Crippen LogP contribution in [0.2, 0.25) is 0 Å². The number of hydrazone groups is 1. The van der Waals surface area contributed by atoms with E-state index < -0.39 is 5.97 Å². The minimum absolute atomic E-state index is 0.00655. The molecule has 1 amide bonds. The molecule has 6 heteroatoms. The third-order valence-corrected chi connectivity index (χ3v) is 3.66. The van der Waals surface area contributed by atoms with E-state index in [1.54, 1.807) is 32.0 Å². The highest BCUT2D eigenvalue weighted by Gasteiger charge is 2.12. The predicted octanol–water partition coefficient (Wildman–Crippen LogP) is 3.07. The molecule has 0 fully saturated rings. The van der Waals surface area contributed by atoms with Crippen molar-refractivity contribution in [1.29, 1.82) is 0 Å². The summed E-state index contributed by atoms with van der Waals surface area (Å²) in [7, 11) is 0. The highest BCUT2D eigenvalue weighted by molar-refractivity contribution is 6.01. The number of carbonyl (C=O) groups excluding carboxylic acids is 1. The van der Waals surface area contributed by atoms with Crippen LogP contribution in [0, 0.1) is 13.8 Å². The van der Waals surface area contributed by atoms with Crippen molar-refractivity contribution in [2.45, 2.75) is 33.6 Å². The first-order chi connectivity index (χ1) is 11.4. The molecule has 6 nitrogen and oxygen atoms in total. The van der Waals surface area contributed by atoms with E-state index in [1.807, 2.05) is 19.1 Å². The lowest BCUT2D eigenvalue weighted by Crippen LogP contribution is -2.20. The minimum atomic E-state index is -0.874. The van der Waals surface area contributed by atoms with Gasteiger partial charge in [0.2, 0.25) is 0 Å². The first-order valence-corrected chi connectivity index (χ1v) is 7.60. The fourth-order valence-electron chi connectivity index (χ4n) is 2.34. The molecule has 0 radical (unpaired) electrons. The van der Waals surface area contributed by atoms with Gasteiger partial charge in [0.15, 0.2) is 0 Å². The van der Waals surface area contributed by atoms with Crippen LogP contribution >= 0.6 is 0 Å². The number of furan rings is 1. The molecular weight excluding hydrogens is 308 g/mol. The van der Waals surface area contributed by atoms with E-state index in [-0.39, 0.29) is 12.3 Å². The normalized spacial score (nSPS) is 11.4. The number of amides is 1. The summed E-state index contributed by atoms with van der Waals surface area (Å²) in [6.07, 6.45) is 0.325. The molecule has 2 N–H and O–H groups in total. The van der Waals surface area contributed by atoms with Crippen molar-refractivity contribution in [3.05, 3.63) is 58.5 Å². The first-order valence-electron chi connectivity index (χ1n) is 7.60. The molecule has 1 aromatic carbocycles. The quantitative estimate of drug-likeness (QED) is 0.629. The largest absolute Gasteiger partial charge is 0.481 e. The maximum absolute atomic E-state index is 12.2. The number of benzene rings is 1. The third-order valence-electron chi connectivity index (χ3n) is 3.66. The molecule has 24 heavy (non-hydrogen) atoms. The second-order valence-electron chi connectivity index (χ2n) is 5.53. The number of rotatable bonds is 6. The van der Waals surface area contributed by atoms with Crippen LogP contribution in [0.25, 0.3) is 0 Å². The molecule has 0 spiro atoms. The zero-order valence-electron chi connectivity index (χ0n) is 13.9. The standard InChI is InChI=1S/C18H20N2O4/c1-11-6-4-5-7-15(11)18(23)20-19-12(2)16-10-14(24-13(16)3)8-9-17(21)22/h4-7,10H,8-9H2,1-3H3,(H,20,23)(H,21,22)/b19-12-. The van der Waals surface area contributed by atoms with Gasteiger partial charge in [0.05, 0.1) is 12.1 Å². The predicted molar refractivity (Wildman–Crippen MR) is 90.3 cm³/mol. The van der Waals surface area contributed by atoms with E-state index in [2.05, 4.69) is 10.5 Å². The zero-order chi connectivity index (χ0) is 17.7. The second kappa shape index (κ2) is 7.59. The molecule has 0 saturated carbocycles. The van der Waals surface area contributed by atoms with Gasteiger partial charge in [-0.15, -0.1) is 0 Å². The molecule has 2 rings (SSSR count). The van der Waals surface area contributed by atoms with Crippen molar-refractivity contribution in [3.8, 4) is 0 Å². The van der Waals surface area contributed by atoms with Crippen LogP contribution in [-0.4, -0.2) is 22.7 Å². The van der Waals surface area contributed by atoms with Crippen molar-refractivity contribution in [2.24, 2.45) is 5.10 Å². The van der Waals surface area contributed by atoms with Gasteiger partial charge in [-0.05, 0) is 38.5 Å². The van der Waals surface area contributed by atoms with Gasteiger partial charge in [-0.25, -0.2) is 5.43 Å². The number of aliphatic carboxylic acids is 1. The number of nitrogens with one attached hydrogen (secondary N) is 1. The smallest absolute Gasteiger partial charge is 0.303 e. The van der Waals surface area contributed by atoms with Crippen LogP contribution < -0.4 is 5.43 Å². The highest BCUT2D eigenvalue weighted by Crippen LogP contribution is 2.17. The lowest BCUT2D eigenvalue weighted by Gasteiger charge is -2.04. The van der Waals surface area contributed by atoms with Gasteiger partial charge in [-0.1, -0.05) is 18.2 Å². The van der Waals surface area contributed by atoms with Crippen molar-refractivity contribution < 1.29 is 19.1 Å². The van der Waals surface area contributed by atoms with E-state index >= 15 is 0 Å². The Bertz CT molecular complexity index is 790. The van der Waals surface area contributed by atoms with E-state index in [4.69, 9.17) is 9.52 Å². The summed E-state index contributed by atoms with van der Waals surface area (Å²) in [4.78, 5) is 22.8. The number of nitrogens with zero attached hydrogens (tertiary/aromatic N) is 1. The Morgan fingerprint density at radius 1 is 1.21 bits per heavy atom. The molecule has 0 unspecified atom stereocenters. The summed E-state index contributed by atoms with van der Waals surface area (Å²) >= 11 is 0. The molecule has 0 bridgehead atoms. The van der Waals surface area contributed by atoms with Gasteiger partial charge < -0.3 is 9.52 Å². The lowest BCUT2D eigenvalue weighted by molar-refractivity contribution is -0.137. The maximum atomic E-state index is 12.2. The van der Waals surface area contributed by atoms with E-state index in [9.17, 15) is 9.59 Å². The number of carbonyl (C=O) groups is 2. The molecule has 1 aromatic heterocycles. The van der Waals surface area contributed by atoms with Crippen molar-refractivity contribution >= 4 is 17.6 Å². The minimum Gasteiger partial charge on any atom is -0.481 e. The van der Waals surface area contributed by atoms with Crippen LogP contribution in [0.1, 0.15) is 46.3 Å². The average molecular weight is 328 g/mol. The molecule has 0 atom stereocenters. The summed E-state index contributed by atoms with van der Waals surface area (Å²) < 4.78 is 5.54. The Morgan fingerprint density at radius 2 is 1.92 bits per heavy atom. The summed E-state index contributed by atoms with van der Waals surface area (Å²) in [6.45, 7) is 5.40. The molecule has 1 heterocycles. The van der Waals surface area contributed by atoms with Crippen LogP contribution in [0.4, 0.5) is 0 Å². The Hall–Kier alpha value is -2.89. The number of aryl methyl sites for hydroxylation is 3. The monoisotopic (exact) mass is 328 g/mol. The molecular formula is C18H20N2O4. The molecule has 0 aliphatic rings. The topological polar surface area (TPSA) is 91.9 Å². The fourth-order valence-corrected chi connectivity index (χ4v) is 2.34. The van der Waals surface area contributed by atoms with Crippen molar-refractivity contribution in [3.63, 3.8) is 0 Å². The number of hydrogen-bond donors (Lipinski definition) is 2. The molecule has 0 saturated heterocycles. The Kier molecular flexibility index (Phi) is 5.52. The summed E-state index contributed by atoms with van der Waals surface area (Å²) in [6, 6.07) is 9.03. The van der Waals surface area contributed by atoms with Crippen molar-refractivity contribution in [1.82, 2.24) is 5.43 Å². The number of carboxylic acids is 1. The zero-order valence-corrected chi connectivity index (χ0v) is 13.9. The Labute approximate surface area is 140 Å². The SMILES string of the molecule is C/C(=N/NC(=O)c1ccccc1C)c1cc(CCC(=O)O)oc1C. The van der Waals surface area contributed by atoms with Gasteiger partial charge in [-0.2, -0.15) is 5.10 Å². The molecule has 0 aliphatic carbocycles. The van der Waals surface area contributed by atoms with Gasteiger partial charge in [0, 0.05) is 17.5 Å². The number of hydrogen-bond acceptors (Lipinski definition) is 4. The first kappa shape index (κ1) is 17.5. The molecule has 126 valence electrons. The van der Waals surface area contributed by atoms with E-state index in [0.717, 1.165) is 11.1 Å². The summed E-state index contributed by atoms with van der Waals surface area (Å²) in [5.41, 5.74) is 5.33. The second-order valence-corrected chi connectivity index (χ2v) is 5.53. The van der Waals surface area contributed by atoms with Gasteiger partial charge >= 0.3 is 5.97 Å². The van der Waals surface area contributed by atoms with Crippen LogP contribution in [0.15, 0.2) is 39.9 Å². The van der Waals surface area contributed by atoms with Gasteiger partial charge in [0.25, 0.3) is 5.91 Å². The molecule has 0 aliphatic heterocycles. The fraction of sp³-hybridized carbons (Fsp3) is 0.278. The van der Waals surface area contributed by atoms with E-state index in [0.29, 0.717) is 29.2 Å². The van der Waals surface area contributed by atoms with E-state index in [1.165, 1.54) is 0 Å². The van der Waals surface area contributed by atoms with Crippen LogP contribution in [0.3, 0.4) is 0 Å².